The smallest absolute Gasteiger partial charge is 0.250 e. The minimum Gasteiger partial charge on any atom is -0.370 e. The molecule has 2 unspecified atom stereocenters. The van der Waals surface area contributed by atoms with Gasteiger partial charge in [-0.25, -0.2) is 0 Å². The van der Waals surface area contributed by atoms with Crippen molar-refractivity contribution >= 4 is 40.9 Å². The summed E-state index contributed by atoms with van der Waals surface area (Å²) in [5, 5.41) is 6.55. The number of nitrogens with zero attached hydrogens (tertiary/aromatic N) is 1. The number of rotatable bonds is 4. The molecule has 3 heterocycles. The maximum Gasteiger partial charge on any atom is 0.250 e. The van der Waals surface area contributed by atoms with Gasteiger partial charge in [0.05, 0.1) is 18.4 Å². The second-order valence-corrected chi connectivity index (χ2v) is 9.38. The molecule has 4 atom stereocenters. The first-order valence-corrected chi connectivity index (χ1v) is 11.1. The summed E-state index contributed by atoms with van der Waals surface area (Å²) in [7, 11) is 0. The van der Waals surface area contributed by atoms with Crippen molar-refractivity contribution in [2.24, 2.45) is 17.6 Å². The molecule has 5 rings (SSSR count). The third kappa shape index (κ3) is 2.94. The number of hydrogen-bond donors (Lipinski definition) is 3. The number of carbonyl (C=O) groups excluding carboxylic acids is 4. The summed E-state index contributed by atoms with van der Waals surface area (Å²) in [6.45, 7) is 3.82. The molecule has 0 saturated carbocycles. The van der Waals surface area contributed by atoms with Crippen LogP contribution in [0.25, 0.3) is 0 Å². The summed E-state index contributed by atoms with van der Waals surface area (Å²) >= 11 is 6.27. The van der Waals surface area contributed by atoms with E-state index in [1.54, 1.807) is 30.3 Å². The van der Waals surface area contributed by atoms with E-state index in [0.717, 1.165) is 16.0 Å². The molecule has 33 heavy (non-hydrogen) atoms. The van der Waals surface area contributed by atoms with Crippen molar-refractivity contribution in [3.8, 4) is 0 Å². The van der Waals surface area contributed by atoms with Gasteiger partial charge in [-0.3, -0.25) is 29.4 Å². The molecular formula is C24H23ClN4O4. The normalized spacial score (nSPS) is 27.8. The number of halogens is 1. The quantitative estimate of drug-likeness (QED) is 0.593. The fourth-order valence-electron chi connectivity index (χ4n) is 5.52. The Morgan fingerprint density at radius 1 is 1.12 bits per heavy atom. The number of carbonyl (C=O) groups is 4. The predicted molar refractivity (Wildman–Crippen MR) is 121 cm³/mol. The van der Waals surface area contributed by atoms with E-state index in [1.807, 2.05) is 19.9 Å². The van der Waals surface area contributed by atoms with Crippen LogP contribution in [0.2, 0.25) is 5.02 Å². The number of benzene rings is 2. The summed E-state index contributed by atoms with van der Waals surface area (Å²) < 4.78 is 0. The Labute approximate surface area is 195 Å². The van der Waals surface area contributed by atoms with Crippen molar-refractivity contribution in [3.05, 3.63) is 63.7 Å². The lowest BCUT2D eigenvalue weighted by Gasteiger charge is -2.29. The first-order chi connectivity index (χ1) is 15.7. The fraction of sp³-hybridized carbons (Fsp3) is 0.333. The number of amides is 4. The van der Waals surface area contributed by atoms with Crippen LogP contribution in [0.3, 0.4) is 0 Å². The van der Waals surface area contributed by atoms with Gasteiger partial charge < -0.3 is 11.1 Å². The van der Waals surface area contributed by atoms with Crippen molar-refractivity contribution in [1.82, 2.24) is 10.2 Å². The lowest BCUT2D eigenvalue weighted by Crippen LogP contribution is -2.53. The van der Waals surface area contributed by atoms with Gasteiger partial charge in [0.2, 0.25) is 23.6 Å². The zero-order chi connectivity index (χ0) is 23.7. The molecule has 0 aliphatic carbocycles. The van der Waals surface area contributed by atoms with E-state index >= 15 is 0 Å². The molecule has 9 heteroatoms. The maximum atomic E-state index is 13.7. The molecular weight excluding hydrogens is 444 g/mol. The largest absolute Gasteiger partial charge is 0.370 e. The van der Waals surface area contributed by atoms with E-state index in [9.17, 15) is 19.2 Å². The van der Waals surface area contributed by atoms with Crippen LogP contribution >= 0.6 is 11.6 Å². The number of fused-ring (bicyclic) bond motifs is 4. The molecule has 0 aromatic heterocycles. The fourth-order valence-corrected chi connectivity index (χ4v) is 5.72. The predicted octanol–water partition coefficient (Wildman–Crippen LogP) is 1.75. The lowest BCUT2D eigenvalue weighted by molar-refractivity contribution is -0.143. The first kappa shape index (κ1) is 21.6. The van der Waals surface area contributed by atoms with Gasteiger partial charge in [0, 0.05) is 28.7 Å². The number of aryl methyl sites for hydroxylation is 1. The van der Waals surface area contributed by atoms with Crippen molar-refractivity contribution in [1.29, 1.82) is 0 Å². The van der Waals surface area contributed by atoms with E-state index in [0.29, 0.717) is 21.8 Å². The Morgan fingerprint density at radius 3 is 2.55 bits per heavy atom. The summed E-state index contributed by atoms with van der Waals surface area (Å²) in [6, 6.07) is 9.91. The molecule has 0 bridgehead atoms. The molecule has 4 amide bonds. The number of nitrogens with two attached hydrogens (primary N) is 1. The van der Waals surface area contributed by atoms with Gasteiger partial charge in [-0.1, -0.05) is 41.9 Å². The van der Waals surface area contributed by atoms with Crippen LogP contribution in [0, 0.1) is 25.7 Å². The third-order valence-corrected chi connectivity index (χ3v) is 7.59. The van der Waals surface area contributed by atoms with E-state index in [2.05, 4.69) is 10.6 Å². The maximum absolute atomic E-state index is 13.7. The molecule has 2 aromatic rings. The zero-order valence-corrected chi connectivity index (χ0v) is 18.9. The van der Waals surface area contributed by atoms with E-state index in [1.165, 1.54) is 0 Å². The number of primary amides is 1. The number of anilines is 1. The molecule has 170 valence electrons. The van der Waals surface area contributed by atoms with Crippen LogP contribution in [0.5, 0.6) is 0 Å². The first-order valence-electron chi connectivity index (χ1n) is 10.7. The zero-order valence-electron chi connectivity index (χ0n) is 18.1. The van der Waals surface area contributed by atoms with Crippen LogP contribution in [-0.2, 0) is 31.3 Å². The Morgan fingerprint density at radius 2 is 1.85 bits per heavy atom. The van der Waals surface area contributed by atoms with Crippen molar-refractivity contribution in [2.45, 2.75) is 38.4 Å². The van der Waals surface area contributed by atoms with Crippen LogP contribution in [0.15, 0.2) is 36.4 Å². The minimum absolute atomic E-state index is 0.00882. The molecule has 1 spiro atoms. The monoisotopic (exact) mass is 466 g/mol. The molecule has 0 radical (unpaired) electrons. The van der Waals surface area contributed by atoms with Gasteiger partial charge in [-0.05, 0) is 36.6 Å². The Kier molecular flexibility index (Phi) is 4.84. The van der Waals surface area contributed by atoms with E-state index < -0.39 is 47.0 Å². The number of imide groups is 1. The highest BCUT2D eigenvalue weighted by atomic mass is 35.5. The van der Waals surface area contributed by atoms with Gasteiger partial charge in [0.15, 0.2) is 0 Å². The van der Waals surface area contributed by atoms with E-state index in [4.69, 9.17) is 17.3 Å². The molecule has 2 aromatic carbocycles. The molecule has 2 fully saturated rings. The van der Waals surface area contributed by atoms with Crippen LogP contribution in [-0.4, -0.2) is 34.6 Å². The van der Waals surface area contributed by atoms with Crippen LogP contribution in [0.1, 0.15) is 28.7 Å². The van der Waals surface area contributed by atoms with Gasteiger partial charge in [0.1, 0.15) is 5.54 Å². The average molecular weight is 467 g/mol. The summed E-state index contributed by atoms with van der Waals surface area (Å²) in [6.07, 6.45) is -0.171. The second-order valence-electron chi connectivity index (χ2n) is 8.97. The standard InChI is InChI=1S/C24H23ClN4O4/c1-11-7-8-14-20(12(11)2)27-23(33)24(14)19-18(16(28-24)9-17(26)30)21(31)29(22(19)32)10-13-5-3-4-6-15(13)25/h3-8,16,18-19,28H,9-10H2,1-2H3,(H2,26,30)(H,27,33)/t16?,18-,19+,24?/m1/s1. The van der Waals surface area contributed by atoms with Gasteiger partial charge >= 0.3 is 0 Å². The molecule has 3 aliphatic rings. The molecule has 4 N–H and O–H groups in total. The summed E-state index contributed by atoms with van der Waals surface area (Å²) in [5.74, 6) is -3.83. The van der Waals surface area contributed by atoms with E-state index in [-0.39, 0.29) is 13.0 Å². The van der Waals surface area contributed by atoms with Crippen LogP contribution in [0.4, 0.5) is 5.69 Å². The Bertz CT molecular complexity index is 1240. The van der Waals surface area contributed by atoms with Crippen molar-refractivity contribution < 1.29 is 19.2 Å². The minimum atomic E-state index is -1.46. The van der Waals surface area contributed by atoms with Gasteiger partial charge in [-0.15, -0.1) is 0 Å². The highest BCUT2D eigenvalue weighted by Gasteiger charge is 2.70. The topological polar surface area (TPSA) is 122 Å². The summed E-state index contributed by atoms with van der Waals surface area (Å²) in [4.78, 5) is 53.7. The van der Waals surface area contributed by atoms with Crippen LogP contribution < -0.4 is 16.4 Å². The lowest BCUT2D eigenvalue weighted by atomic mass is 9.76. The Balaban J connectivity index is 1.63. The molecule has 8 nitrogen and oxygen atoms in total. The molecule has 3 aliphatic heterocycles. The SMILES string of the molecule is Cc1ccc2c(c1C)NC(=O)C21NC(CC(N)=O)[C@H]2C(=O)N(Cc3ccccc3Cl)C(=O)[C@H]21. The number of likely N-dealkylation sites (tertiary alicyclic amines) is 1. The second kappa shape index (κ2) is 7.40. The highest BCUT2D eigenvalue weighted by molar-refractivity contribution is 6.31. The van der Waals surface area contributed by atoms with Gasteiger partial charge in [0.25, 0.3) is 0 Å². The number of hydrogen-bond acceptors (Lipinski definition) is 5. The Hall–Kier alpha value is -3.23. The van der Waals surface area contributed by atoms with Crippen molar-refractivity contribution in [2.75, 3.05) is 5.32 Å². The van der Waals surface area contributed by atoms with Crippen molar-refractivity contribution in [3.63, 3.8) is 0 Å². The third-order valence-electron chi connectivity index (χ3n) is 7.22. The number of nitrogens with one attached hydrogen (secondary N) is 2. The average Bonchev–Trinajstić information content (AvgIpc) is 3.33. The molecule has 2 saturated heterocycles. The summed E-state index contributed by atoms with van der Waals surface area (Å²) in [5.41, 5.74) is 7.75. The van der Waals surface area contributed by atoms with Gasteiger partial charge in [-0.2, -0.15) is 0 Å². The highest BCUT2D eigenvalue weighted by Crippen LogP contribution is 2.54.